The molecule has 0 unspecified atom stereocenters. The minimum Gasteiger partial charge on any atom is -0.483 e. The molecule has 3 amide bonds. The fourth-order valence-corrected chi connectivity index (χ4v) is 3.44. The van der Waals surface area contributed by atoms with Crippen molar-refractivity contribution < 1.29 is 49.1 Å². The Hall–Kier alpha value is -3.31. The van der Waals surface area contributed by atoms with E-state index in [9.17, 15) is 24.0 Å². The third-order valence-electron chi connectivity index (χ3n) is 5.84. The molecule has 0 aromatic rings. The number of rotatable bonds is 26. The van der Waals surface area contributed by atoms with E-state index in [2.05, 4.69) is 21.3 Å². The zero-order chi connectivity index (χ0) is 38.4. The monoisotopic (exact) mass is 708 g/mol. The number of unbranched alkanes of at least 4 members (excludes halogenated alkanes) is 6. The van der Waals surface area contributed by atoms with Crippen LogP contribution >= 0.6 is 0 Å². The highest BCUT2D eigenvalue weighted by atomic mass is 16.5. The van der Waals surface area contributed by atoms with Crippen LogP contribution in [0.1, 0.15) is 110 Å². The van der Waals surface area contributed by atoms with Gasteiger partial charge in [0.1, 0.15) is 18.9 Å². The quantitative estimate of drug-likeness (QED) is 0.0389. The van der Waals surface area contributed by atoms with Crippen LogP contribution in [0.15, 0.2) is 0 Å². The number of aldehydes is 3. The Bertz CT molecular complexity index is 753. The van der Waals surface area contributed by atoms with Crippen molar-refractivity contribution in [3.8, 4) is 0 Å². The first kappa shape index (κ1) is 55.1. The molecule has 0 saturated heterocycles. The highest BCUT2D eigenvalue weighted by Crippen LogP contribution is 1.96. The van der Waals surface area contributed by atoms with Crippen LogP contribution in [0.25, 0.3) is 0 Å². The lowest BCUT2D eigenvalue weighted by molar-refractivity contribution is -0.123. The van der Waals surface area contributed by atoms with Gasteiger partial charge in [0.05, 0.1) is 0 Å². The number of nitrogens with zero attached hydrogens (tertiary/aromatic N) is 2. The van der Waals surface area contributed by atoms with Crippen molar-refractivity contribution in [3.05, 3.63) is 0 Å². The molecule has 16 nitrogen and oxygen atoms in total. The van der Waals surface area contributed by atoms with Crippen molar-refractivity contribution in [2.24, 2.45) is 0 Å². The molecule has 290 valence electrons. The number of hydroxylamine groups is 4. The lowest BCUT2D eigenvalue weighted by Gasteiger charge is -2.07. The minimum atomic E-state index is -0.250. The van der Waals surface area contributed by atoms with Crippen molar-refractivity contribution in [1.29, 1.82) is 0 Å². The summed E-state index contributed by atoms with van der Waals surface area (Å²) in [5, 5.41) is 38.2. The SMILES string of the molecule is CC=O.CCCC(=O)NCCCCCNC(=O)CCC=O.CN(O)CCCCCNC(=O)CCC=O.CNCCCCCN(C)O.O=CO. The maximum absolute atomic E-state index is 11.1. The first-order valence-electron chi connectivity index (χ1n) is 17.1. The van der Waals surface area contributed by atoms with Crippen LogP contribution in [0.3, 0.4) is 0 Å². The number of hydrogen-bond acceptors (Lipinski definition) is 12. The molecule has 0 aliphatic rings. The van der Waals surface area contributed by atoms with Gasteiger partial charge in [0.2, 0.25) is 17.7 Å². The summed E-state index contributed by atoms with van der Waals surface area (Å²) in [5.74, 6) is -0.0283. The van der Waals surface area contributed by atoms with Gasteiger partial charge in [-0.3, -0.25) is 19.2 Å². The Morgan fingerprint density at radius 3 is 1.18 bits per heavy atom. The molecule has 0 fully saturated rings. The molecule has 0 spiro atoms. The first-order valence-corrected chi connectivity index (χ1v) is 17.1. The summed E-state index contributed by atoms with van der Waals surface area (Å²) in [7, 11) is 5.25. The molecule has 0 rings (SSSR count). The minimum absolute atomic E-state index is 0.0682. The molecule has 0 aromatic heterocycles. The van der Waals surface area contributed by atoms with Gasteiger partial charge in [-0.25, -0.2) is 0 Å². The number of nitrogens with one attached hydrogen (secondary N) is 4. The van der Waals surface area contributed by atoms with Gasteiger partial charge in [-0.15, -0.1) is 0 Å². The highest BCUT2D eigenvalue weighted by Gasteiger charge is 2.01. The van der Waals surface area contributed by atoms with Crippen molar-refractivity contribution in [1.82, 2.24) is 31.4 Å². The Morgan fingerprint density at radius 1 is 0.592 bits per heavy atom. The molecule has 0 aliphatic heterocycles. The van der Waals surface area contributed by atoms with Gasteiger partial charge in [-0.05, 0) is 71.9 Å². The standard InChI is InChI=1S/C13H24N2O3.C10H20N2O3.C7H18N2O.C2H4O.CH2O2/c1-2-7-12(17)14-9-4-3-5-10-15-13(18)8-6-11-16;1-12(15)8-4-2-3-7-11-10(14)6-5-9-13;1-8-6-4-3-5-7-9(2)10;1-2-3;2-1-3/h11H,2-10H2,1H3,(H,14,17)(H,15,18);9,15H,2-8H2,1H3,(H,11,14);8,10H,3-7H2,1-2H3;2H,1H3;1H,(H,2,3). The van der Waals surface area contributed by atoms with Crippen molar-refractivity contribution in [2.75, 3.05) is 60.4 Å². The lowest BCUT2D eigenvalue weighted by Crippen LogP contribution is -2.25. The summed E-state index contributed by atoms with van der Waals surface area (Å²) in [6, 6.07) is 0. The summed E-state index contributed by atoms with van der Waals surface area (Å²) < 4.78 is 0. The zero-order valence-electron chi connectivity index (χ0n) is 30.8. The normalized spacial score (nSPS) is 9.49. The maximum Gasteiger partial charge on any atom is 0.290 e. The average Bonchev–Trinajstić information content (AvgIpc) is 3.05. The zero-order valence-corrected chi connectivity index (χ0v) is 30.8. The molecular formula is C33H68N6O10. The fourth-order valence-electron chi connectivity index (χ4n) is 3.44. The molecule has 16 heteroatoms. The number of carbonyl (C=O) groups excluding carboxylic acids is 6. The van der Waals surface area contributed by atoms with Gasteiger partial charge in [0.15, 0.2) is 0 Å². The number of carboxylic acid groups (broad SMARTS) is 1. The van der Waals surface area contributed by atoms with E-state index in [-0.39, 0.29) is 43.5 Å². The second kappa shape index (κ2) is 51.5. The van der Waals surface area contributed by atoms with Crippen LogP contribution in [0.2, 0.25) is 0 Å². The third kappa shape index (κ3) is 71.8. The van der Waals surface area contributed by atoms with E-state index in [1.54, 1.807) is 14.1 Å². The predicted octanol–water partition coefficient (Wildman–Crippen LogP) is 2.34. The maximum atomic E-state index is 11.1. The van der Waals surface area contributed by atoms with E-state index < -0.39 is 0 Å². The Morgan fingerprint density at radius 2 is 0.898 bits per heavy atom. The molecule has 0 bridgehead atoms. The average molecular weight is 709 g/mol. The van der Waals surface area contributed by atoms with Crippen molar-refractivity contribution in [3.63, 3.8) is 0 Å². The second-order valence-corrected chi connectivity index (χ2v) is 10.6. The van der Waals surface area contributed by atoms with Crippen LogP contribution in [0, 0.1) is 0 Å². The molecule has 0 radical (unpaired) electrons. The Kier molecular flexibility index (Phi) is 58.0. The summed E-state index contributed by atoms with van der Waals surface area (Å²) in [4.78, 5) is 70.5. The van der Waals surface area contributed by atoms with E-state index in [0.29, 0.717) is 39.0 Å². The topological polar surface area (TPSA) is 235 Å². The van der Waals surface area contributed by atoms with E-state index >= 15 is 0 Å². The molecule has 0 aliphatic carbocycles. The van der Waals surface area contributed by atoms with E-state index in [1.807, 2.05) is 14.0 Å². The number of hydrogen-bond donors (Lipinski definition) is 7. The van der Waals surface area contributed by atoms with Crippen LogP contribution in [0.4, 0.5) is 0 Å². The molecule has 7 N–H and O–H groups in total. The van der Waals surface area contributed by atoms with E-state index in [0.717, 1.165) is 88.4 Å². The summed E-state index contributed by atoms with van der Waals surface area (Å²) in [6.45, 7) is 7.68. The molecule has 0 saturated carbocycles. The van der Waals surface area contributed by atoms with E-state index in [1.165, 1.54) is 24.8 Å². The molecule has 0 atom stereocenters. The van der Waals surface area contributed by atoms with Gasteiger partial charge < -0.3 is 51.2 Å². The summed E-state index contributed by atoms with van der Waals surface area (Å²) in [6.07, 6.45) is 13.9. The van der Waals surface area contributed by atoms with E-state index in [4.69, 9.17) is 25.1 Å². The molecule has 0 aromatic carbocycles. The Labute approximate surface area is 294 Å². The summed E-state index contributed by atoms with van der Waals surface area (Å²) in [5.41, 5.74) is 0. The van der Waals surface area contributed by atoms with Crippen LogP contribution in [-0.2, 0) is 33.6 Å². The summed E-state index contributed by atoms with van der Waals surface area (Å²) >= 11 is 0. The largest absolute Gasteiger partial charge is 0.483 e. The van der Waals surface area contributed by atoms with Gasteiger partial charge in [-0.2, -0.15) is 10.1 Å². The number of amides is 3. The van der Waals surface area contributed by atoms with Crippen LogP contribution in [0.5, 0.6) is 0 Å². The predicted molar refractivity (Wildman–Crippen MR) is 189 cm³/mol. The molecule has 49 heavy (non-hydrogen) atoms. The van der Waals surface area contributed by atoms with Gasteiger partial charge in [0, 0.05) is 78.9 Å². The second-order valence-electron chi connectivity index (χ2n) is 10.6. The van der Waals surface area contributed by atoms with Crippen molar-refractivity contribution >= 4 is 43.1 Å². The Balaban J connectivity index is -0.000000187. The van der Waals surface area contributed by atoms with Gasteiger partial charge in [-0.1, -0.05) is 19.8 Å². The van der Waals surface area contributed by atoms with Crippen LogP contribution < -0.4 is 21.3 Å². The lowest BCUT2D eigenvalue weighted by atomic mass is 10.2. The molecule has 0 heterocycles. The van der Waals surface area contributed by atoms with Crippen LogP contribution in [-0.4, -0.2) is 129 Å². The number of carbonyl (C=O) groups is 7. The van der Waals surface area contributed by atoms with Gasteiger partial charge >= 0.3 is 0 Å². The first-order chi connectivity index (χ1) is 23.5. The van der Waals surface area contributed by atoms with Crippen molar-refractivity contribution in [2.45, 2.75) is 110 Å². The fraction of sp³-hybridized carbons (Fsp3) is 0.788. The highest BCUT2D eigenvalue weighted by molar-refractivity contribution is 5.78. The smallest absolute Gasteiger partial charge is 0.290 e. The van der Waals surface area contributed by atoms with Gasteiger partial charge in [0.25, 0.3) is 6.47 Å². The molecular weight excluding hydrogens is 640 g/mol. The third-order valence-corrected chi connectivity index (χ3v) is 5.84.